The highest BCUT2D eigenvalue weighted by atomic mass is 79.9. The molecule has 96 valence electrons. The highest BCUT2D eigenvalue weighted by molar-refractivity contribution is 9.10. The molecule has 0 radical (unpaired) electrons. The fourth-order valence-electron chi connectivity index (χ4n) is 1.63. The third-order valence-electron chi connectivity index (χ3n) is 2.54. The van der Waals surface area contributed by atoms with Gasteiger partial charge in [-0.1, -0.05) is 35.3 Å². The number of hydrogen-bond donors (Lipinski definition) is 1. The number of hydrogen-bond acceptors (Lipinski definition) is 2. The SMILES string of the molecule is N#CC(Nc1ccc(Cl)c(Br)c1)c1cccc(Cl)c1. The zero-order chi connectivity index (χ0) is 13.8. The number of halogens is 3. The van der Waals surface area contributed by atoms with Gasteiger partial charge in [-0.15, -0.1) is 0 Å². The molecular weight excluding hydrogens is 347 g/mol. The van der Waals surface area contributed by atoms with E-state index in [1.807, 2.05) is 24.3 Å². The van der Waals surface area contributed by atoms with Gasteiger partial charge in [0.25, 0.3) is 0 Å². The maximum Gasteiger partial charge on any atom is 0.140 e. The molecule has 0 aliphatic heterocycles. The highest BCUT2D eigenvalue weighted by Gasteiger charge is 2.11. The molecule has 2 rings (SSSR count). The van der Waals surface area contributed by atoms with Gasteiger partial charge in [0.05, 0.1) is 11.1 Å². The molecule has 1 unspecified atom stereocenters. The lowest BCUT2D eigenvalue weighted by molar-refractivity contribution is 0.997. The minimum Gasteiger partial charge on any atom is -0.366 e. The molecular formula is C14H9BrCl2N2. The quantitative estimate of drug-likeness (QED) is 0.796. The van der Waals surface area contributed by atoms with Crippen LogP contribution in [-0.4, -0.2) is 0 Å². The summed E-state index contributed by atoms with van der Waals surface area (Å²) < 4.78 is 0.780. The maximum absolute atomic E-state index is 9.26. The van der Waals surface area contributed by atoms with Crippen molar-refractivity contribution in [2.45, 2.75) is 6.04 Å². The van der Waals surface area contributed by atoms with E-state index in [1.165, 1.54) is 0 Å². The van der Waals surface area contributed by atoms with E-state index in [1.54, 1.807) is 18.2 Å². The first kappa shape index (κ1) is 14.2. The Morgan fingerprint density at radius 2 is 1.95 bits per heavy atom. The molecule has 0 amide bonds. The summed E-state index contributed by atoms with van der Waals surface area (Å²) in [6.07, 6.45) is 0. The highest BCUT2D eigenvalue weighted by Crippen LogP contribution is 2.28. The van der Waals surface area contributed by atoms with Crippen molar-refractivity contribution < 1.29 is 0 Å². The molecule has 2 aromatic rings. The molecule has 0 aliphatic rings. The third kappa shape index (κ3) is 3.63. The van der Waals surface area contributed by atoms with Gasteiger partial charge in [0.15, 0.2) is 0 Å². The van der Waals surface area contributed by atoms with Crippen LogP contribution in [0.3, 0.4) is 0 Å². The molecule has 1 N–H and O–H groups in total. The van der Waals surface area contributed by atoms with Gasteiger partial charge in [-0.25, -0.2) is 0 Å². The predicted octanol–water partition coefficient (Wildman–Crippen LogP) is 5.43. The van der Waals surface area contributed by atoms with Gasteiger partial charge in [-0.2, -0.15) is 5.26 Å². The molecule has 5 heteroatoms. The second-order valence-corrected chi connectivity index (χ2v) is 5.59. The summed E-state index contributed by atoms with van der Waals surface area (Å²) in [7, 11) is 0. The van der Waals surface area contributed by atoms with Crippen molar-refractivity contribution in [2.75, 3.05) is 5.32 Å². The van der Waals surface area contributed by atoms with Crippen LogP contribution in [0.15, 0.2) is 46.9 Å². The molecule has 0 aliphatic carbocycles. The van der Waals surface area contributed by atoms with E-state index in [4.69, 9.17) is 23.2 Å². The molecule has 19 heavy (non-hydrogen) atoms. The smallest absolute Gasteiger partial charge is 0.140 e. The van der Waals surface area contributed by atoms with E-state index in [0.717, 1.165) is 15.7 Å². The van der Waals surface area contributed by atoms with Crippen LogP contribution >= 0.6 is 39.1 Å². The zero-order valence-electron chi connectivity index (χ0n) is 9.70. The molecule has 0 spiro atoms. The fourth-order valence-corrected chi connectivity index (χ4v) is 2.32. The number of nitrogens with one attached hydrogen (secondary N) is 1. The minimum atomic E-state index is -0.466. The van der Waals surface area contributed by atoms with Crippen LogP contribution in [0, 0.1) is 11.3 Å². The third-order valence-corrected chi connectivity index (χ3v) is 3.99. The van der Waals surface area contributed by atoms with Crippen molar-refractivity contribution in [3.63, 3.8) is 0 Å². The van der Waals surface area contributed by atoms with Crippen LogP contribution in [0.4, 0.5) is 5.69 Å². The summed E-state index contributed by atoms with van der Waals surface area (Å²) in [6, 6.07) is 14.4. The predicted molar refractivity (Wildman–Crippen MR) is 82.6 cm³/mol. The van der Waals surface area contributed by atoms with Gasteiger partial charge in [0, 0.05) is 15.2 Å². The summed E-state index contributed by atoms with van der Waals surface area (Å²) in [6.45, 7) is 0. The first-order valence-electron chi connectivity index (χ1n) is 5.47. The Bertz CT molecular complexity index is 638. The zero-order valence-corrected chi connectivity index (χ0v) is 12.8. The number of benzene rings is 2. The molecule has 1 atom stereocenters. The van der Waals surface area contributed by atoms with E-state index >= 15 is 0 Å². The molecule has 0 saturated heterocycles. The van der Waals surface area contributed by atoms with Crippen molar-refractivity contribution >= 4 is 44.8 Å². The van der Waals surface area contributed by atoms with Crippen LogP contribution in [0.1, 0.15) is 11.6 Å². The lowest BCUT2D eigenvalue weighted by Crippen LogP contribution is -2.08. The Kier molecular flexibility index (Phi) is 4.71. The largest absolute Gasteiger partial charge is 0.366 e. The summed E-state index contributed by atoms with van der Waals surface area (Å²) in [5.74, 6) is 0. The average molecular weight is 356 g/mol. The summed E-state index contributed by atoms with van der Waals surface area (Å²) in [4.78, 5) is 0. The van der Waals surface area contributed by atoms with Gasteiger partial charge < -0.3 is 5.32 Å². The maximum atomic E-state index is 9.26. The van der Waals surface area contributed by atoms with E-state index in [-0.39, 0.29) is 0 Å². The van der Waals surface area contributed by atoms with Crippen molar-refractivity contribution in [3.05, 3.63) is 62.5 Å². The first-order chi connectivity index (χ1) is 9.10. The Morgan fingerprint density at radius 1 is 1.16 bits per heavy atom. The molecule has 0 heterocycles. The topological polar surface area (TPSA) is 35.8 Å². The second-order valence-electron chi connectivity index (χ2n) is 3.89. The van der Waals surface area contributed by atoms with E-state index < -0.39 is 6.04 Å². The van der Waals surface area contributed by atoms with Crippen LogP contribution in [0.25, 0.3) is 0 Å². The molecule has 0 bridgehead atoms. The Hall–Kier alpha value is -1.21. The van der Waals surface area contributed by atoms with E-state index in [9.17, 15) is 5.26 Å². The summed E-state index contributed by atoms with van der Waals surface area (Å²) in [5, 5.41) is 13.6. The van der Waals surface area contributed by atoms with Gasteiger partial charge in [-0.3, -0.25) is 0 Å². The van der Waals surface area contributed by atoms with Gasteiger partial charge in [0.1, 0.15) is 6.04 Å². The average Bonchev–Trinajstić information content (AvgIpc) is 2.40. The van der Waals surface area contributed by atoms with Gasteiger partial charge in [-0.05, 0) is 51.8 Å². The normalized spacial score (nSPS) is 11.7. The summed E-state index contributed by atoms with van der Waals surface area (Å²) >= 11 is 15.2. The molecule has 2 aromatic carbocycles. The van der Waals surface area contributed by atoms with Crippen LogP contribution < -0.4 is 5.32 Å². The first-order valence-corrected chi connectivity index (χ1v) is 7.01. The number of anilines is 1. The summed E-state index contributed by atoms with van der Waals surface area (Å²) in [5.41, 5.74) is 1.63. The molecule has 0 fully saturated rings. The van der Waals surface area contributed by atoms with Crippen molar-refractivity contribution in [2.24, 2.45) is 0 Å². The van der Waals surface area contributed by atoms with Crippen molar-refractivity contribution in [3.8, 4) is 6.07 Å². The van der Waals surface area contributed by atoms with Gasteiger partial charge in [0.2, 0.25) is 0 Å². The Labute approximate surface area is 130 Å². The molecule has 2 nitrogen and oxygen atoms in total. The van der Waals surface area contributed by atoms with E-state index in [2.05, 4.69) is 27.3 Å². The van der Waals surface area contributed by atoms with Crippen LogP contribution in [0.2, 0.25) is 10.0 Å². The fraction of sp³-hybridized carbons (Fsp3) is 0.0714. The van der Waals surface area contributed by atoms with E-state index in [0.29, 0.717) is 10.0 Å². The number of nitriles is 1. The van der Waals surface area contributed by atoms with Crippen molar-refractivity contribution in [1.82, 2.24) is 0 Å². The molecule has 0 aromatic heterocycles. The lowest BCUT2D eigenvalue weighted by atomic mass is 10.1. The monoisotopic (exact) mass is 354 g/mol. The van der Waals surface area contributed by atoms with Crippen LogP contribution in [-0.2, 0) is 0 Å². The second kappa shape index (κ2) is 6.29. The van der Waals surface area contributed by atoms with Gasteiger partial charge >= 0.3 is 0 Å². The Morgan fingerprint density at radius 3 is 2.58 bits per heavy atom. The lowest BCUT2D eigenvalue weighted by Gasteiger charge is -2.14. The number of nitrogens with zero attached hydrogens (tertiary/aromatic N) is 1. The minimum absolute atomic E-state index is 0.466. The van der Waals surface area contributed by atoms with Crippen molar-refractivity contribution in [1.29, 1.82) is 5.26 Å². The Balaban J connectivity index is 2.24. The number of rotatable bonds is 3. The van der Waals surface area contributed by atoms with Crippen LogP contribution in [0.5, 0.6) is 0 Å². The standard InChI is InChI=1S/C14H9BrCl2N2/c15-12-7-11(4-5-13(12)17)19-14(8-18)9-2-1-3-10(16)6-9/h1-7,14,19H. The molecule has 0 saturated carbocycles.